The molecule has 0 unspecified atom stereocenters. The Balaban J connectivity index is 0.787. The largest absolute Gasteiger partial charge is 0.254 e. The number of rotatable bonds is 3. The third-order valence-electron chi connectivity index (χ3n) is 17.2. The number of hydrogen-bond acceptors (Lipinski definition) is 5. The Labute approximate surface area is 502 Å². The molecular weight excluding hydrogens is 1190 g/mol. The minimum Gasteiger partial charge on any atom is -0.254 e. The van der Waals surface area contributed by atoms with Crippen molar-refractivity contribution >= 4 is 140 Å². The van der Waals surface area contributed by atoms with Gasteiger partial charge in [0.2, 0.25) is 0 Å². The molecule has 0 saturated carbocycles. The molecule has 17 aromatic rings. The van der Waals surface area contributed by atoms with E-state index in [9.17, 15) is 13.2 Å². The van der Waals surface area contributed by atoms with E-state index in [1.807, 2.05) is 72.8 Å². The molecule has 0 spiro atoms. The van der Waals surface area contributed by atoms with Gasteiger partial charge in [-0.15, -0.1) is 11.3 Å². The Morgan fingerprint density at radius 3 is 1.53 bits per heavy atom. The van der Waals surface area contributed by atoms with Gasteiger partial charge in [-0.3, -0.25) is 9.97 Å². The highest BCUT2D eigenvalue weighted by Crippen LogP contribution is 2.49. The van der Waals surface area contributed by atoms with Crippen LogP contribution in [0.15, 0.2) is 176 Å². The second-order valence-electron chi connectivity index (χ2n) is 21.9. The van der Waals surface area contributed by atoms with E-state index in [2.05, 4.69) is 87.5 Å². The fraction of sp³-hybridized carbons (Fsp3) is 0. The Hall–Kier alpha value is -11.2. The lowest BCUT2D eigenvalue weighted by Crippen LogP contribution is -2.08. The third-order valence-corrected chi connectivity index (χ3v) is 18.3. The van der Waals surface area contributed by atoms with Crippen LogP contribution in [0, 0.1) is 75.8 Å². The molecule has 0 fully saturated rings. The van der Waals surface area contributed by atoms with Crippen molar-refractivity contribution in [3.05, 3.63) is 251 Å². The molecule has 428 valence electrons. The summed E-state index contributed by atoms with van der Waals surface area (Å²) in [6.45, 7) is 0. The number of pyridine rings is 4. The van der Waals surface area contributed by atoms with Crippen LogP contribution in [0.25, 0.3) is 162 Å². The molecule has 17 rings (SSSR count). The van der Waals surface area contributed by atoms with Crippen LogP contribution >= 0.6 is 11.3 Å². The van der Waals surface area contributed by atoms with Crippen molar-refractivity contribution in [1.82, 2.24) is 19.9 Å². The van der Waals surface area contributed by atoms with Crippen molar-refractivity contribution in [3.8, 4) is 45.4 Å². The van der Waals surface area contributed by atoms with Crippen LogP contribution < -0.4 is 0 Å². The van der Waals surface area contributed by atoms with Crippen LogP contribution in [0.1, 0.15) is 11.3 Å². The molecule has 0 N–H and O–H groups in total. The molecule has 0 aliphatic heterocycles. The Bertz CT molecular complexity index is 6230. The predicted molar refractivity (Wildman–Crippen MR) is 334 cm³/mol. The lowest BCUT2D eigenvalue weighted by Gasteiger charge is -2.18. The number of aromatic nitrogens is 4. The molecule has 0 atom stereocenters. The lowest BCUT2D eigenvalue weighted by molar-refractivity contribution is 0.415. The van der Waals surface area contributed by atoms with Gasteiger partial charge in [-0.05, 0) is 115 Å². The molecule has 16 heteroatoms. The lowest BCUT2D eigenvalue weighted by atomic mass is 9.87. The summed E-state index contributed by atoms with van der Waals surface area (Å²) < 4.78 is 176. The van der Waals surface area contributed by atoms with Crippen LogP contribution in [-0.2, 0) is 0 Å². The maximum absolute atomic E-state index is 17.4. The SMILES string of the molecule is Fc1c(F)c(F)c2c(c1F)c1c(F)c(F)c(F)c(F)c1c1c(F)c(-c3ccc4ccc5c(-c6cccc7c8cc(-c9ccc%10c(c9)sc9cc(C#Cc%11ccc%12ccc%13cccnc%13c%12n%11)ccc9%10)ccc8c8ccccc8c67)ccnc5c4n3)c(F)c(F)c21. The molecule has 5 aromatic heterocycles. The highest BCUT2D eigenvalue weighted by Gasteiger charge is 2.36. The monoisotopic (exact) mass is 1210 g/mol. The minimum atomic E-state index is -2.63. The van der Waals surface area contributed by atoms with Crippen LogP contribution in [0.2, 0.25) is 0 Å². The summed E-state index contributed by atoms with van der Waals surface area (Å²) in [6.07, 6.45) is 3.28. The number of benzene rings is 12. The van der Waals surface area contributed by atoms with Crippen molar-refractivity contribution in [2.24, 2.45) is 0 Å². The van der Waals surface area contributed by atoms with Gasteiger partial charge in [-0.2, -0.15) is 0 Å². The Kier molecular flexibility index (Phi) is 11.5. The van der Waals surface area contributed by atoms with Gasteiger partial charge in [0.05, 0.1) is 33.3 Å². The maximum Gasteiger partial charge on any atom is 0.198 e. The summed E-state index contributed by atoms with van der Waals surface area (Å²) in [4.78, 5) is 18.6. The Morgan fingerprint density at radius 1 is 0.300 bits per heavy atom. The van der Waals surface area contributed by atoms with Crippen LogP contribution in [-0.4, -0.2) is 19.9 Å². The second kappa shape index (κ2) is 19.4. The number of fused-ring (bicyclic) bond motifs is 21. The van der Waals surface area contributed by atoms with E-state index in [-0.39, 0.29) is 11.0 Å². The van der Waals surface area contributed by atoms with Gasteiger partial charge in [0.15, 0.2) is 58.2 Å². The van der Waals surface area contributed by atoms with Crippen LogP contribution in [0.5, 0.6) is 0 Å². The molecule has 0 amide bonds. The summed E-state index contributed by atoms with van der Waals surface area (Å²) in [7, 11) is 0. The number of nitrogens with zero attached hydrogens (tertiary/aromatic N) is 4. The first-order valence-corrected chi connectivity index (χ1v) is 28.7. The molecule has 12 aromatic carbocycles. The highest BCUT2D eigenvalue weighted by molar-refractivity contribution is 7.25. The van der Waals surface area contributed by atoms with E-state index in [1.165, 1.54) is 12.3 Å². The first kappa shape index (κ1) is 53.1. The molecule has 90 heavy (non-hydrogen) atoms. The zero-order valence-corrected chi connectivity index (χ0v) is 46.4. The van der Waals surface area contributed by atoms with Crippen molar-refractivity contribution in [2.75, 3.05) is 0 Å². The third kappa shape index (κ3) is 7.50. The van der Waals surface area contributed by atoms with Gasteiger partial charge in [0.1, 0.15) is 11.5 Å². The highest BCUT2D eigenvalue weighted by atomic mass is 32.1. The fourth-order valence-corrected chi connectivity index (χ4v) is 14.3. The molecule has 5 heterocycles. The van der Waals surface area contributed by atoms with Crippen LogP contribution in [0.4, 0.5) is 48.3 Å². The second-order valence-corrected chi connectivity index (χ2v) is 23.0. The van der Waals surface area contributed by atoms with E-state index in [4.69, 9.17) is 4.98 Å². The van der Waals surface area contributed by atoms with E-state index in [1.54, 1.807) is 35.7 Å². The zero-order chi connectivity index (χ0) is 61.3. The van der Waals surface area contributed by atoms with Gasteiger partial charge in [-0.25, -0.2) is 58.3 Å². The summed E-state index contributed by atoms with van der Waals surface area (Å²) in [5.41, 5.74) is 4.68. The quantitative estimate of drug-likeness (QED) is 0.0582. The van der Waals surface area contributed by atoms with Gasteiger partial charge in [0.25, 0.3) is 0 Å². The molecule has 0 saturated heterocycles. The van der Waals surface area contributed by atoms with E-state index in [0.29, 0.717) is 22.0 Å². The summed E-state index contributed by atoms with van der Waals surface area (Å²) >= 11 is 1.69. The number of halogens is 11. The summed E-state index contributed by atoms with van der Waals surface area (Å²) in [5.74, 6) is -20.3. The summed E-state index contributed by atoms with van der Waals surface area (Å²) in [6, 6.07) is 52.7. The summed E-state index contributed by atoms with van der Waals surface area (Å²) in [5, 5.41) is 0.188. The number of thiophene rings is 1. The standard InChI is InChI=1S/C74H29F11N4S/c75-60-53(61(76)62(77)55-54(60)56-58(65(80)69(84)67(82)63(56)78)59-57(55)64(79)68(83)70(85)66(59)81)49-25-18-35-15-24-47-41(26-28-87-74(47)73(35)89-49)45-8-3-9-46-48-30-36(16-22-40(48)39-6-1-2-7-44(39)52(45)46)37-17-23-43-42-21-11-32(29-50(42)90-51(43)31-37)10-19-38-20-14-34-13-12-33-5-4-27-86-71(33)72(34)88-38/h1-9,11-18,20-31H. The van der Waals surface area contributed by atoms with E-state index < -0.39 is 108 Å². The molecular formula is C74H29F11N4S. The average molecular weight is 1220 g/mol. The van der Waals surface area contributed by atoms with Crippen molar-refractivity contribution < 1.29 is 48.3 Å². The molecule has 0 bridgehead atoms. The zero-order valence-electron chi connectivity index (χ0n) is 45.6. The first-order chi connectivity index (χ1) is 43.7. The Morgan fingerprint density at radius 2 is 0.822 bits per heavy atom. The topological polar surface area (TPSA) is 51.6 Å². The maximum atomic E-state index is 17.4. The fourth-order valence-electron chi connectivity index (χ4n) is 13.1. The minimum absolute atomic E-state index is 0.0112. The van der Waals surface area contributed by atoms with Crippen molar-refractivity contribution in [2.45, 2.75) is 0 Å². The molecule has 0 aliphatic rings. The molecule has 0 aliphatic carbocycles. The van der Waals surface area contributed by atoms with Gasteiger partial charge >= 0.3 is 0 Å². The smallest absolute Gasteiger partial charge is 0.198 e. The predicted octanol–water partition coefficient (Wildman–Crippen LogP) is 21.1. The van der Waals surface area contributed by atoms with Crippen molar-refractivity contribution in [3.63, 3.8) is 0 Å². The van der Waals surface area contributed by atoms with Gasteiger partial charge in [0, 0.05) is 92.0 Å². The molecule has 0 radical (unpaired) electrons. The first-order valence-electron chi connectivity index (χ1n) is 27.9. The molecule has 4 nitrogen and oxygen atoms in total. The normalized spacial score (nSPS) is 12.1. The van der Waals surface area contributed by atoms with Crippen LogP contribution in [0.3, 0.4) is 0 Å². The van der Waals surface area contributed by atoms with E-state index >= 15 is 35.1 Å². The van der Waals surface area contributed by atoms with Gasteiger partial charge in [-0.1, -0.05) is 115 Å². The van der Waals surface area contributed by atoms with Crippen molar-refractivity contribution in [1.29, 1.82) is 0 Å². The number of hydrogen-bond donors (Lipinski definition) is 0. The average Bonchev–Trinajstić information content (AvgIpc) is 0.834. The van der Waals surface area contributed by atoms with E-state index in [0.717, 1.165) is 103 Å². The van der Waals surface area contributed by atoms with Gasteiger partial charge < -0.3 is 0 Å².